The molecule has 82 valence electrons. The SMILES string of the molecule is C=C(CS)COc1c(C)cc(Cl)cc1C. The summed E-state index contributed by atoms with van der Waals surface area (Å²) in [6.45, 7) is 8.31. The van der Waals surface area contributed by atoms with Crippen LogP contribution in [0.4, 0.5) is 0 Å². The first-order valence-electron chi connectivity index (χ1n) is 4.71. The third kappa shape index (κ3) is 3.47. The number of halogens is 1. The van der Waals surface area contributed by atoms with Crippen LogP contribution in [0.5, 0.6) is 5.75 Å². The lowest BCUT2D eigenvalue weighted by Crippen LogP contribution is -2.03. The second-order valence-electron chi connectivity index (χ2n) is 3.57. The third-order valence-electron chi connectivity index (χ3n) is 2.07. The van der Waals surface area contributed by atoms with Crippen molar-refractivity contribution in [3.8, 4) is 5.75 Å². The molecule has 0 aromatic heterocycles. The Bertz CT molecular complexity index is 351. The summed E-state index contributed by atoms with van der Waals surface area (Å²) in [6.07, 6.45) is 0. The van der Waals surface area contributed by atoms with Crippen LogP contribution >= 0.6 is 24.2 Å². The zero-order chi connectivity index (χ0) is 11.4. The van der Waals surface area contributed by atoms with Crippen LogP contribution in [0.25, 0.3) is 0 Å². The van der Waals surface area contributed by atoms with E-state index in [0.29, 0.717) is 12.4 Å². The Kier molecular flexibility index (Phi) is 4.55. The summed E-state index contributed by atoms with van der Waals surface area (Å²) < 4.78 is 5.67. The summed E-state index contributed by atoms with van der Waals surface area (Å²) in [5.74, 6) is 1.54. The van der Waals surface area contributed by atoms with Crippen molar-refractivity contribution < 1.29 is 4.74 Å². The molecular formula is C12H15ClOS. The van der Waals surface area contributed by atoms with Crippen molar-refractivity contribution in [1.82, 2.24) is 0 Å². The van der Waals surface area contributed by atoms with E-state index in [4.69, 9.17) is 16.3 Å². The van der Waals surface area contributed by atoms with Gasteiger partial charge < -0.3 is 4.74 Å². The second kappa shape index (κ2) is 5.47. The summed E-state index contributed by atoms with van der Waals surface area (Å²) in [5, 5.41) is 0.741. The van der Waals surface area contributed by atoms with Gasteiger partial charge in [0.15, 0.2) is 0 Å². The van der Waals surface area contributed by atoms with Crippen molar-refractivity contribution in [1.29, 1.82) is 0 Å². The highest BCUT2D eigenvalue weighted by atomic mass is 35.5. The highest BCUT2D eigenvalue weighted by Crippen LogP contribution is 2.27. The van der Waals surface area contributed by atoms with Crippen LogP contribution < -0.4 is 4.74 Å². The van der Waals surface area contributed by atoms with E-state index in [1.165, 1.54) is 0 Å². The van der Waals surface area contributed by atoms with E-state index in [2.05, 4.69) is 19.2 Å². The molecule has 3 heteroatoms. The van der Waals surface area contributed by atoms with Crippen molar-refractivity contribution in [3.05, 3.63) is 40.4 Å². The first kappa shape index (κ1) is 12.5. The maximum atomic E-state index is 5.93. The van der Waals surface area contributed by atoms with Gasteiger partial charge in [-0.3, -0.25) is 0 Å². The van der Waals surface area contributed by atoms with Crippen LogP contribution in [0.15, 0.2) is 24.3 Å². The zero-order valence-electron chi connectivity index (χ0n) is 9.01. The van der Waals surface area contributed by atoms with Gasteiger partial charge >= 0.3 is 0 Å². The maximum Gasteiger partial charge on any atom is 0.125 e. The molecule has 0 amide bonds. The first-order chi connectivity index (χ1) is 7.04. The van der Waals surface area contributed by atoms with Gasteiger partial charge in [0.25, 0.3) is 0 Å². The minimum Gasteiger partial charge on any atom is -0.489 e. The molecule has 0 bridgehead atoms. The molecule has 1 rings (SSSR count). The van der Waals surface area contributed by atoms with Crippen LogP contribution in [-0.4, -0.2) is 12.4 Å². The highest BCUT2D eigenvalue weighted by molar-refractivity contribution is 7.80. The Morgan fingerprint density at radius 1 is 1.40 bits per heavy atom. The lowest BCUT2D eigenvalue weighted by Gasteiger charge is -2.13. The van der Waals surface area contributed by atoms with E-state index in [-0.39, 0.29) is 0 Å². The molecule has 0 heterocycles. The maximum absolute atomic E-state index is 5.93. The van der Waals surface area contributed by atoms with Gasteiger partial charge in [-0.05, 0) is 42.7 Å². The minimum absolute atomic E-state index is 0.507. The summed E-state index contributed by atoms with van der Waals surface area (Å²) in [6, 6.07) is 3.79. The number of ether oxygens (including phenoxy) is 1. The fourth-order valence-corrected chi connectivity index (χ4v) is 1.76. The Morgan fingerprint density at radius 2 is 1.93 bits per heavy atom. The number of thiol groups is 1. The largest absolute Gasteiger partial charge is 0.489 e. The summed E-state index contributed by atoms with van der Waals surface area (Å²) >= 11 is 10.1. The van der Waals surface area contributed by atoms with Crippen molar-refractivity contribution in [2.75, 3.05) is 12.4 Å². The molecule has 0 saturated carbocycles. The minimum atomic E-state index is 0.507. The average molecular weight is 243 g/mol. The molecule has 0 radical (unpaired) electrons. The first-order valence-corrected chi connectivity index (χ1v) is 5.72. The number of benzene rings is 1. The average Bonchev–Trinajstić information content (AvgIpc) is 2.15. The third-order valence-corrected chi connectivity index (χ3v) is 2.73. The van der Waals surface area contributed by atoms with Crippen LogP contribution in [-0.2, 0) is 0 Å². The van der Waals surface area contributed by atoms with Crippen molar-refractivity contribution in [3.63, 3.8) is 0 Å². The summed E-state index contributed by atoms with van der Waals surface area (Å²) in [4.78, 5) is 0. The molecule has 1 aromatic carbocycles. The second-order valence-corrected chi connectivity index (χ2v) is 4.32. The molecule has 1 nitrogen and oxygen atoms in total. The molecule has 0 N–H and O–H groups in total. The van der Waals surface area contributed by atoms with Crippen LogP contribution in [0, 0.1) is 13.8 Å². The molecule has 0 unspecified atom stereocenters. The van der Waals surface area contributed by atoms with E-state index >= 15 is 0 Å². The molecule has 0 aliphatic carbocycles. The molecule has 0 saturated heterocycles. The Balaban J connectivity index is 2.81. The molecule has 0 fully saturated rings. The van der Waals surface area contributed by atoms with E-state index in [9.17, 15) is 0 Å². The van der Waals surface area contributed by atoms with Gasteiger partial charge in [0, 0.05) is 10.8 Å². The lowest BCUT2D eigenvalue weighted by atomic mass is 10.1. The van der Waals surface area contributed by atoms with E-state index in [0.717, 1.165) is 27.5 Å². The monoisotopic (exact) mass is 242 g/mol. The number of hydrogen-bond acceptors (Lipinski definition) is 2. The van der Waals surface area contributed by atoms with E-state index in [1.54, 1.807) is 0 Å². The number of aryl methyl sites for hydroxylation is 2. The van der Waals surface area contributed by atoms with Gasteiger partial charge in [-0.2, -0.15) is 12.6 Å². The summed E-state index contributed by atoms with van der Waals surface area (Å²) in [7, 11) is 0. The lowest BCUT2D eigenvalue weighted by molar-refractivity contribution is 0.348. The van der Waals surface area contributed by atoms with Crippen molar-refractivity contribution in [2.45, 2.75) is 13.8 Å². The van der Waals surface area contributed by atoms with Crippen LogP contribution in [0.3, 0.4) is 0 Å². The Morgan fingerprint density at radius 3 is 2.40 bits per heavy atom. The van der Waals surface area contributed by atoms with Crippen molar-refractivity contribution >= 4 is 24.2 Å². The van der Waals surface area contributed by atoms with E-state index in [1.807, 2.05) is 26.0 Å². The van der Waals surface area contributed by atoms with Crippen LogP contribution in [0.1, 0.15) is 11.1 Å². The molecule has 1 aromatic rings. The standard InChI is InChI=1S/C12H15ClOS/c1-8(7-15)6-14-12-9(2)4-11(13)5-10(12)3/h4-5,15H,1,6-7H2,2-3H3. The molecular weight excluding hydrogens is 228 g/mol. The van der Waals surface area contributed by atoms with Gasteiger partial charge in [0.05, 0.1) is 0 Å². The van der Waals surface area contributed by atoms with E-state index < -0.39 is 0 Å². The van der Waals surface area contributed by atoms with Gasteiger partial charge in [-0.1, -0.05) is 18.2 Å². The molecule has 0 spiro atoms. The number of rotatable bonds is 4. The fourth-order valence-electron chi connectivity index (χ4n) is 1.34. The Labute approximate surface area is 102 Å². The zero-order valence-corrected chi connectivity index (χ0v) is 10.7. The molecule has 0 atom stereocenters. The molecule has 15 heavy (non-hydrogen) atoms. The normalized spacial score (nSPS) is 10.1. The van der Waals surface area contributed by atoms with Gasteiger partial charge in [-0.15, -0.1) is 0 Å². The topological polar surface area (TPSA) is 9.23 Å². The van der Waals surface area contributed by atoms with Gasteiger partial charge in [-0.25, -0.2) is 0 Å². The van der Waals surface area contributed by atoms with Crippen LogP contribution in [0.2, 0.25) is 5.02 Å². The van der Waals surface area contributed by atoms with Gasteiger partial charge in [0.1, 0.15) is 12.4 Å². The predicted octanol–water partition coefficient (Wildman–Crippen LogP) is 3.82. The highest BCUT2D eigenvalue weighted by Gasteiger charge is 2.05. The summed E-state index contributed by atoms with van der Waals surface area (Å²) in [5.41, 5.74) is 3.06. The number of hydrogen-bond donors (Lipinski definition) is 1. The predicted molar refractivity (Wildman–Crippen MR) is 69.4 cm³/mol. The smallest absolute Gasteiger partial charge is 0.125 e. The van der Waals surface area contributed by atoms with Crippen molar-refractivity contribution in [2.24, 2.45) is 0 Å². The molecule has 0 aliphatic rings. The van der Waals surface area contributed by atoms with Gasteiger partial charge in [0.2, 0.25) is 0 Å². The Hall–Kier alpha value is -0.600. The molecule has 0 aliphatic heterocycles. The fraction of sp³-hybridized carbons (Fsp3) is 0.333. The quantitative estimate of drug-likeness (QED) is 0.624.